The molecule has 0 saturated carbocycles. The molecule has 1 saturated heterocycles. The Balaban J connectivity index is 1.38. The van der Waals surface area contributed by atoms with Crippen LogP contribution in [0.1, 0.15) is 29.2 Å². The minimum absolute atomic E-state index is 0.271. The Morgan fingerprint density at radius 2 is 0.769 bits per heavy atom. The van der Waals surface area contributed by atoms with Crippen LogP contribution in [0.25, 0.3) is 0 Å². The van der Waals surface area contributed by atoms with Gasteiger partial charge in [-0.3, -0.25) is 0 Å². The summed E-state index contributed by atoms with van der Waals surface area (Å²) >= 11 is 0. The van der Waals surface area contributed by atoms with E-state index in [1.165, 1.54) is 0 Å². The Labute approximate surface area is 231 Å². The molecule has 0 amide bonds. The van der Waals surface area contributed by atoms with Crippen LogP contribution in [0.3, 0.4) is 0 Å². The van der Waals surface area contributed by atoms with E-state index < -0.39 is 18.5 Å². The average molecular weight is 525 g/mol. The van der Waals surface area contributed by atoms with Gasteiger partial charge in [-0.1, -0.05) is 121 Å². The molecule has 1 heterocycles. The monoisotopic (exact) mass is 524 g/mol. The fraction of sp³-hybridized carbons (Fsp3) is 0.294. The summed E-state index contributed by atoms with van der Waals surface area (Å²) < 4.78 is 32.4. The maximum Gasteiger partial charge on any atom is 0.187 e. The first-order valence-electron chi connectivity index (χ1n) is 13.5. The molecule has 0 aliphatic carbocycles. The third kappa shape index (κ3) is 7.85. The summed E-state index contributed by atoms with van der Waals surface area (Å²) in [4.78, 5) is 0. The van der Waals surface area contributed by atoms with E-state index in [-0.39, 0.29) is 12.2 Å². The molecular weight excluding hydrogens is 488 g/mol. The van der Waals surface area contributed by atoms with Crippen LogP contribution in [0.2, 0.25) is 0 Å². The first-order chi connectivity index (χ1) is 19.3. The van der Waals surface area contributed by atoms with Gasteiger partial charge in [-0.25, -0.2) is 0 Å². The molecule has 202 valence electrons. The second-order valence-corrected chi connectivity index (χ2v) is 9.79. The lowest BCUT2D eigenvalue weighted by Gasteiger charge is -2.45. The molecule has 5 nitrogen and oxygen atoms in total. The van der Waals surface area contributed by atoms with Crippen molar-refractivity contribution in [2.45, 2.75) is 64.1 Å². The van der Waals surface area contributed by atoms with Gasteiger partial charge in [-0.2, -0.15) is 0 Å². The van der Waals surface area contributed by atoms with E-state index in [1.54, 1.807) is 0 Å². The maximum atomic E-state index is 6.61. The summed E-state index contributed by atoms with van der Waals surface area (Å²) in [5.41, 5.74) is 4.32. The van der Waals surface area contributed by atoms with Gasteiger partial charge in [-0.15, -0.1) is 0 Å². The van der Waals surface area contributed by atoms with Crippen molar-refractivity contribution < 1.29 is 23.7 Å². The van der Waals surface area contributed by atoms with Crippen LogP contribution in [0.15, 0.2) is 121 Å². The smallest absolute Gasteiger partial charge is 0.187 e. The standard InChI is InChI=1S/C34H36O5/c1-26-31(35-22-27-14-6-2-7-15-27)32(36-23-28-16-8-3-9-17-28)33(37-24-29-18-10-4-11-19-29)34(39-26)38-25-30-20-12-5-13-21-30/h2-21,26,31-34H,22-25H2,1H3/t26-,31+,32+,33-,34+/m0/s1. The van der Waals surface area contributed by atoms with E-state index in [2.05, 4.69) is 36.4 Å². The Morgan fingerprint density at radius 1 is 0.436 bits per heavy atom. The quantitative estimate of drug-likeness (QED) is 0.206. The summed E-state index contributed by atoms with van der Waals surface area (Å²) in [5.74, 6) is 0. The highest BCUT2D eigenvalue weighted by Crippen LogP contribution is 2.31. The van der Waals surface area contributed by atoms with Gasteiger partial charge in [0.2, 0.25) is 0 Å². The van der Waals surface area contributed by atoms with Crippen molar-refractivity contribution in [2.24, 2.45) is 0 Å². The van der Waals surface area contributed by atoms with Gasteiger partial charge >= 0.3 is 0 Å². The normalized spacial score (nSPS) is 22.9. The predicted octanol–water partition coefficient (Wildman–Crippen LogP) is 6.70. The molecular formula is C34H36O5. The fourth-order valence-electron chi connectivity index (χ4n) is 4.76. The Hall–Kier alpha value is -3.32. The van der Waals surface area contributed by atoms with Gasteiger partial charge < -0.3 is 23.7 Å². The lowest BCUT2D eigenvalue weighted by molar-refractivity contribution is -0.322. The summed E-state index contributed by atoms with van der Waals surface area (Å²) in [5, 5.41) is 0. The van der Waals surface area contributed by atoms with Crippen molar-refractivity contribution >= 4 is 0 Å². The van der Waals surface area contributed by atoms with E-state index in [9.17, 15) is 0 Å². The molecule has 5 heteroatoms. The lowest BCUT2D eigenvalue weighted by Crippen LogP contribution is -2.60. The molecule has 5 rings (SSSR count). The number of hydrogen-bond acceptors (Lipinski definition) is 5. The molecule has 0 radical (unpaired) electrons. The SMILES string of the molecule is C[C@@H]1O[C@@H](OCc2ccccc2)[C@@H](OCc2ccccc2)[C@H](OCc2ccccc2)[C@@H]1OCc1ccccc1. The molecule has 0 spiro atoms. The van der Waals surface area contributed by atoms with Crippen molar-refractivity contribution in [3.8, 4) is 0 Å². The van der Waals surface area contributed by atoms with Crippen molar-refractivity contribution in [1.29, 1.82) is 0 Å². The highest BCUT2D eigenvalue weighted by atomic mass is 16.7. The highest BCUT2D eigenvalue weighted by Gasteiger charge is 2.47. The van der Waals surface area contributed by atoms with Gasteiger partial charge in [0.15, 0.2) is 6.29 Å². The predicted molar refractivity (Wildman–Crippen MR) is 151 cm³/mol. The Kier molecular flexibility index (Phi) is 9.91. The first-order valence-corrected chi connectivity index (χ1v) is 13.5. The van der Waals surface area contributed by atoms with Gasteiger partial charge in [-0.05, 0) is 29.2 Å². The van der Waals surface area contributed by atoms with Crippen LogP contribution in [-0.2, 0) is 50.1 Å². The van der Waals surface area contributed by atoms with Crippen LogP contribution < -0.4 is 0 Å². The summed E-state index contributed by atoms with van der Waals surface area (Å²) in [6, 6.07) is 40.5. The lowest BCUT2D eigenvalue weighted by atomic mass is 9.98. The molecule has 5 atom stereocenters. The summed E-state index contributed by atoms with van der Waals surface area (Å²) in [6.45, 7) is 3.71. The van der Waals surface area contributed by atoms with E-state index >= 15 is 0 Å². The maximum absolute atomic E-state index is 6.61. The van der Waals surface area contributed by atoms with Crippen LogP contribution in [0.5, 0.6) is 0 Å². The van der Waals surface area contributed by atoms with Crippen LogP contribution >= 0.6 is 0 Å². The summed E-state index contributed by atoms with van der Waals surface area (Å²) in [6.07, 6.45) is -2.17. The van der Waals surface area contributed by atoms with Crippen LogP contribution in [-0.4, -0.2) is 30.7 Å². The Morgan fingerprint density at radius 3 is 1.18 bits per heavy atom. The first kappa shape index (κ1) is 27.3. The summed E-state index contributed by atoms with van der Waals surface area (Å²) in [7, 11) is 0. The largest absolute Gasteiger partial charge is 0.368 e. The minimum Gasteiger partial charge on any atom is -0.368 e. The topological polar surface area (TPSA) is 46.2 Å². The number of hydrogen-bond donors (Lipinski definition) is 0. The number of ether oxygens (including phenoxy) is 5. The van der Waals surface area contributed by atoms with Crippen molar-refractivity contribution in [2.75, 3.05) is 0 Å². The van der Waals surface area contributed by atoms with Gasteiger partial charge in [0.05, 0.1) is 32.5 Å². The number of benzene rings is 4. The van der Waals surface area contributed by atoms with Gasteiger partial charge in [0, 0.05) is 0 Å². The fourth-order valence-corrected chi connectivity index (χ4v) is 4.76. The second kappa shape index (κ2) is 14.2. The van der Waals surface area contributed by atoms with Crippen molar-refractivity contribution in [3.63, 3.8) is 0 Å². The molecule has 4 aromatic carbocycles. The van der Waals surface area contributed by atoms with Gasteiger partial charge in [0.25, 0.3) is 0 Å². The molecule has 1 aliphatic rings. The van der Waals surface area contributed by atoms with Crippen molar-refractivity contribution in [3.05, 3.63) is 144 Å². The zero-order valence-electron chi connectivity index (χ0n) is 22.3. The zero-order chi connectivity index (χ0) is 26.7. The van der Waals surface area contributed by atoms with Crippen LogP contribution in [0, 0.1) is 0 Å². The molecule has 0 unspecified atom stereocenters. The molecule has 0 N–H and O–H groups in total. The van der Waals surface area contributed by atoms with E-state index in [0.29, 0.717) is 26.4 Å². The number of rotatable bonds is 12. The molecule has 0 aromatic heterocycles. The molecule has 4 aromatic rings. The van der Waals surface area contributed by atoms with Crippen molar-refractivity contribution in [1.82, 2.24) is 0 Å². The van der Waals surface area contributed by atoms with Gasteiger partial charge in [0.1, 0.15) is 18.3 Å². The molecule has 0 bridgehead atoms. The molecule has 1 aliphatic heterocycles. The third-order valence-electron chi connectivity index (χ3n) is 6.84. The second-order valence-electron chi connectivity index (χ2n) is 9.79. The van der Waals surface area contributed by atoms with E-state index in [0.717, 1.165) is 22.3 Å². The molecule has 1 fully saturated rings. The highest BCUT2D eigenvalue weighted by molar-refractivity contribution is 5.16. The molecule has 39 heavy (non-hydrogen) atoms. The van der Waals surface area contributed by atoms with E-state index in [1.807, 2.05) is 91.9 Å². The third-order valence-corrected chi connectivity index (χ3v) is 6.84. The minimum atomic E-state index is -0.624. The zero-order valence-corrected chi connectivity index (χ0v) is 22.3. The Bertz CT molecular complexity index is 1220. The van der Waals surface area contributed by atoms with Crippen LogP contribution in [0.4, 0.5) is 0 Å². The van der Waals surface area contributed by atoms with E-state index in [4.69, 9.17) is 23.7 Å². The average Bonchev–Trinajstić information content (AvgIpc) is 3.00.